The van der Waals surface area contributed by atoms with E-state index in [1.165, 1.54) is 12.4 Å². The molecule has 0 saturated heterocycles. The van der Waals surface area contributed by atoms with Crippen molar-refractivity contribution in [1.82, 2.24) is 9.97 Å². The lowest BCUT2D eigenvalue weighted by Gasteiger charge is -2.10. The number of aromatic nitrogens is 2. The first-order valence-corrected chi connectivity index (χ1v) is 8.83. The zero-order valence-electron chi connectivity index (χ0n) is 15.1. The highest BCUT2D eigenvalue weighted by Crippen LogP contribution is 2.37. The summed E-state index contributed by atoms with van der Waals surface area (Å²) in [4.78, 5) is 21.0. The first-order valence-electron chi connectivity index (χ1n) is 8.83. The molecule has 0 unspecified atom stereocenters. The van der Waals surface area contributed by atoms with Gasteiger partial charge in [-0.25, -0.2) is 4.98 Å². The molecule has 0 bridgehead atoms. The Balaban J connectivity index is 1.87. The number of fused-ring (bicyclic) bond motifs is 1. The molecule has 0 atom stereocenters. The molecule has 0 saturated carbocycles. The Labute approximate surface area is 161 Å². The van der Waals surface area contributed by atoms with E-state index >= 15 is 0 Å². The molecule has 1 amide bonds. The van der Waals surface area contributed by atoms with Crippen molar-refractivity contribution in [1.29, 1.82) is 5.26 Å². The second kappa shape index (κ2) is 7.33. The second-order valence-electron chi connectivity index (χ2n) is 6.17. The summed E-state index contributed by atoms with van der Waals surface area (Å²) in [6.07, 6.45) is 5.21. The highest BCUT2D eigenvalue weighted by Gasteiger charge is 2.21. The van der Waals surface area contributed by atoms with Crippen LogP contribution in [-0.2, 0) is 6.42 Å². The van der Waals surface area contributed by atoms with Gasteiger partial charge in [0.2, 0.25) is 0 Å². The molecule has 6 nitrogen and oxygen atoms in total. The molecule has 6 heteroatoms. The quantitative estimate of drug-likeness (QED) is 0.569. The lowest BCUT2D eigenvalue weighted by Crippen LogP contribution is -2.14. The van der Waals surface area contributed by atoms with Gasteiger partial charge in [0, 0.05) is 35.3 Å². The molecule has 2 heterocycles. The summed E-state index contributed by atoms with van der Waals surface area (Å²) in [6, 6.07) is 14.8. The second-order valence-corrected chi connectivity index (χ2v) is 6.17. The molecule has 0 spiro atoms. The van der Waals surface area contributed by atoms with Crippen molar-refractivity contribution in [3.8, 4) is 17.2 Å². The zero-order valence-corrected chi connectivity index (χ0v) is 15.1. The standard InChI is InChI=1S/C22H16N4O2/c1-2-18-21(17-11-14(12-23)7-8-19(17)28-18)15-5-3-4-6-16(15)22(27)26-20-13-24-9-10-25-20/h3-11,13H,2H2,1H3,(H,25,26,27). The average Bonchev–Trinajstić information content (AvgIpc) is 3.12. The number of anilines is 1. The molecule has 4 rings (SSSR count). The number of carbonyl (C=O) groups excluding carboxylic acids is 1. The smallest absolute Gasteiger partial charge is 0.257 e. The summed E-state index contributed by atoms with van der Waals surface area (Å²) in [5, 5.41) is 12.9. The molecule has 28 heavy (non-hydrogen) atoms. The maximum absolute atomic E-state index is 12.9. The van der Waals surface area contributed by atoms with Crippen LogP contribution in [0.1, 0.15) is 28.6 Å². The van der Waals surface area contributed by atoms with Gasteiger partial charge in [-0.05, 0) is 29.8 Å². The van der Waals surface area contributed by atoms with Crippen LogP contribution in [0.15, 0.2) is 65.5 Å². The first kappa shape index (κ1) is 17.4. The third kappa shape index (κ3) is 3.10. The fraction of sp³-hybridized carbons (Fsp3) is 0.0909. The molecule has 2 aromatic heterocycles. The molecule has 1 N–H and O–H groups in total. The Morgan fingerprint density at radius 1 is 1.21 bits per heavy atom. The van der Waals surface area contributed by atoms with Crippen molar-refractivity contribution in [2.24, 2.45) is 0 Å². The van der Waals surface area contributed by atoms with Crippen LogP contribution in [0.4, 0.5) is 5.82 Å². The molecular formula is C22H16N4O2. The van der Waals surface area contributed by atoms with Crippen LogP contribution in [0, 0.1) is 11.3 Å². The van der Waals surface area contributed by atoms with Gasteiger partial charge in [0.05, 0.1) is 17.8 Å². The number of amides is 1. The van der Waals surface area contributed by atoms with Gasteiger partial charge in [-0.1, -0.05) is 25.1 Å². The van der Waals surface area contributed by atoms with Crippen LogP contribution in [-0.4, -0.2) is 15.9 Å². The summed E-state index contributed by atoms with van der Waals surface area (Å²) in [6.45, 7) is 1.99. The van der Waals surface area contributed by atoms with Gasteiger partial charge in [-0.15, -0.1) is 0 Å². The predicted octanol–water partition coefficient (Wildman–Crippen LogP) is 4.58. The minimum Gasteiger partial charge on any atom is -0.460 e. The Bertz CT molecular complexity index is 1210. The summed E-state index contributed by atoms with van der Waals surface area (Å²) in [5.41, 5.74) is 3.30. The minimum atomic E-state index is -0.288. The maximum Gasteiger partial charge on any atom is 0.257 e. The van der Waals surface area contributed by atoms with E-state index in [4.69, 9.17) is 4.42 Å². The Hall–Kier alpha value is -3.98. The highest BCUT2D eigenvalue weighted by molar-refractivity contribution is 6.11. The minimum absolute atomic E-state index is 0.288. The van der Waals surface area contributed by atoms with E-state index < -0.39 is 0 Å². The van der Waals surface area contributed by atoms with Gasteiger partial charge in [0.1, 0.15) is 11.3 Å². The molecule has 0 radical (unpaired) electrons. The monoisotopic (exact) mass is 368 g/mol. The number of rotatable bonds is 4. The van der Waals surface area contributed by atoms with Gasteiger partial charge in [-0.3, -0.25) is 9.78 Å². The predicted molar refractivity (Wildman–Crippen MR) is 106 cm³/mol. The number of nitriles is 1. The van der Waals surface area contributed by atoms with Crippen molar-refractivity contribution < 1.29 is 9.21 Å². The molecule has 4 aromatic rings. The van der Waals surface area contributed by atoms with E-state index in [9.17, 15) is 10.1 Å². The van der Waals surface area contributed by atoms with Crippen molar-refractivity contribution in [3.05, 3.63) is 77.9 Å². The molecule has 2 aromatic carbocycles. The van der Waals surface area contributed by atoms with E-state index in [1.54, 1.807) is 30.5 Å². The lowest BCUT2D eigenvalue weighted by atomic mass is 9.95. The van der Waals surface area contributed by atoms with Gasteiger partial charge in [0.25, 0.3) is 5.91 Å². The van der Waals surface area contributed by atoms with Crippen molar-refractivity contribution in [2.75, 3.05) is 5.32 Å². The van der Waals surface area contributed by atoms with Crippen LogP contribution in [0.5, 0.6) is 0 Å². The van der Waals surface area contributed by atoms with Crippen LogP contribution in [0.25, 0.3) is 22.1 Å². The van der Waals surface area contributed by atoms with E-state index in [2.05, 4.69) is 21.4 Å². The highest BCUT2D eigenvalue weighted by atomic mass is 16.3. The van der Waals surface area contributed by atoms with Crippen molar-refractivity contribution in [3.63, 3.8) is 0 Å². The number of nitrogens with one attached hydrogen (secondary N) is 1. The summed E-state index contributed by atoms with van der Waals surface area (Å²) in [7, 11) is 0. The van der Waals surface area contributed by atoms with Crippen molar-refractivity contribution >= 4 is 22.7 Å². The van der Waals surface area contributed by atoms with Crippen LogP contribution in [0.2, 0.25) is 0 Å². The number of carbonyl (C=O) groups is 1. The molecule has 0 fully saturated rings. The molecule has 0 aliphatic heterocycles. The maximum atomic E-state index is 12.9. The normalized spacial score (nSPS) is 10.6. The Morgan fingerprint density at radius 3 is 2.82 bits per heavy atom. The SMILES string of the molecule is CCc1oc2ccc(C#N)cc2c1-c1ccccc1C(=O)Nc1cnccn1. The van der Waals surface area contributed by atoms with Crippen molar-refractivity contribution in [2.45, 2.75) is 13.3 Å². The summed E-state index contributed by atoms with van der Waals surface area (Å²) >= 11 is 0. The van der Waals surface area contributed by atoms with E-state index in [-0.39, 0.29) is 5.91 Å². The van der Waals surface area contributed by atoms with E-state index in [0.717, 1.165) is 22.3 Å². The number of hydrogen-bond acceptors (Lipinski definition) is 5. The third-order valence-corrected chi connectivity index (χ3v) is 4.46. The number of benzene rings is 2. The van der Waals surface area contributed by atoms with E-state index in [1.807, 2.05) is 25.1 Å². The average molecular weight is 368 g/mol. The largest absolute Gasteiger partial charge is 0.460 e. The molecule has 136 valence electrons. The molecular weight excluding hydrogens is 352 g/mol. The Kier molecular flexibility index (Phi) is 4.56. The lowest BCUT2D eigenvalue weighted by molar-refractivity contribution is 0.102. The van der Waals surface area contributed by atoms with Gasteiger partial charge < -0.3 is 9.73 Å². The van der Waals surface area contributed by atoms with E-state index in [0.29, 0.717) is 28.9 Å². The fourth-order valence-electron chi connectivity index (χ4n) is 3.21. The Morgan fingerprint density at radius 2 is 2.07 bits per heavy atom. The topological polar surface area (TPSA) is 91.8 Å². The number of nitrogens with zero attached hydrogens (tertiary/aromatic N) is 3. The molecule has 0 aliphatic carbocycles. The van der Waals surface area contributed by atoms with Gasteiger partial charge in [0.15, 0.2) is 5.82 Å². The van der Waals surface area contributed by atoms with Crippen LogP contribution in [0.3, 0.4) is 0 Å². The molecule has 0 aliphatic rings. The number of furan rings is 1. The summed E-state index contributed by atoms with van der Waals surface area (Å²) in [5.74, 6) is 0.857. The first-order chi connectivity index (χ1) is 13.7. The van der Waals surface area contributed by atoms with Gasteiger partial charge in [-0.2, -0.15) is 5.26 Å². The number of hydrogen-bond donors (Lipinski definition) is 1. The number of aryl methyl sites for hydroxylation is 1. The van der Waals surface area contributed by atoms with Crippen LogP contribution >= 0.6 is 0 Å². The zero-order chi connectivity index (χ0) is 19.5. The third-order valence-electron chi connectivity index (χ3n) is 4.46. The van der Waals surface area contributed by atoms with Crippen LogP contribution < -0.4 is 5.32 Å². The summed E-state index contributed by atoms with van der Waals surface area (Å²) < 4.78 is 5.99. The van der Waals surface area contributed by atoms with Gasteiger partial charge >= 0.3 is 0 Å². The fourth-order valence-corrected chi connectivity index (χ4v) is 3.21.